The third-order valence-electron chi connectivity index (χ3n) is 7.56. The molecule has 0 aromatic carbocycles. The molecule has 1 atom stereocenters. The Balaban J connectivity index is 0.000000561. The average Bonchev–Trinajstić information content (AvgIpc) is 3.32. The fraction of sp³-hybridized carbons (Fsp3) is 0.867. The first kappa shape index (κ1) is 36.8. The van der Waals surface area contributed by atoms with Gasteiger partial charge >= 0.3 is 23.9 Å². The monoisotopic (exact) mass is 558 g/mol. The lowest BCUT2D eigenvalue weighted by molar-refractivity contribution is -0.161. The number of esters is 4. The number of ether oxygens (including phenoxy) is 4. The van der Waals surface area contributed by atoms with Crippen molar-refractivity contribution in [3.63, 3.8) is 0 Å². The van der Waals surface area contributed by atoms with Gasteiger partial charge in [0.15, 0.2) is 0 Å². The Labute approximate surface area is 235 Å². The maximum absolute atomic E-state index is 11.7. The van der Waals surface area contributed by atoms with Crippen LogP contribution in [0.5, 0.6) is 0 Å². The Hall–Kier alpha value is -2.16. The molecule has 1 aliphatic carbocycles. The number of hydrogen-bond donors (Lipinski definition) is 1. The molecule has 2 aliphatic rings. The summed E-state index contributed by atoms with van der Waals surface area (Å²) in [5, 5.41) is 8.38. The second-order valence-electron chi connectivity index (χ2n) is 12.2. The maximum atomic E-state index is 11.7. The summed E-state index contributed by atoms with van der Waals surface area (Å²) < 4.78 is 20.1. The van der Waals surface area contributed by atoms with E-state index in [1.807, 2.05) is 62.3 Å². The van der Waals surface area contributed by atoms with E-state index in [-0.39, 0.29) is 67.7 Å². The first-order valence-electron chi connectivity index (χ1n) is 14.4. The Bertz CT molecular complexity index is 764. The van der Waals surface area contributed by atoms with Gasteiger partial charge in [0.2, 0.25) is 0 Å². The van der Waals surface area contributed by atoms with Crippen molar-refractivity contribution in [2.45, 2.75) is 132 Å². The zero-order valence-electron chi connectivity index (χ0n) is 25.9. The number of cyclic esters (lactones) is 1. The van der Waals surface area contributed by atoms with Crippen LogP contribution < -0.4 is 0 Å². The largest absolute Gasteiger partial charge is 0.463 e. The lowest BCUT2D eigenvalue weighted by Crippen LogP contribution is -2.31. The fourth-order valence-electron chi connectivity index (χ4n) is 3.14. The quantitative estimate of drug-likeness (QED) is 0.272. The Kier molecular flexibility index (Phi) is 16.5. The lowest BCUT2D eigenvalue weighted by Gasteiger charge is -2.27. The minimum atomic E-state index is -0.481. The van der Waals surface area contributed by atoms with E-state index in [9.17, 15) is 19.2 Å². The standard InChI is InChI=1S/C12H22O2.C10H16O4.C8H16O3/c1-4-12(2,3)11(13)14-10-8-6-5-7-9-10;1-4-10(2,3)9(12)14-7-5-8(11)13-6-7;1-4-8(2,3)7(10)11-6-5-9/h10H,4-9H2,1-3H3;7H,4-6H2,1-3H3;9H,4-6H2,1-3H3. The van der Waals surface area contributed by atoms with Crippen molar-refractivity contribution < 1.29 is 43.2 Å². The topological polar surface area (TPSA) is 125 Å². The Morgan fingerprint density at radius 1 is 0.769 bits per heavy atom. The summed E-state index contributed by atoms with van der Waals surface area (Å²) in [6.07, 6.45) is 8.15. The van der Waals surface area contributed by atoms with Crippen molar-refractivity contribution in [2.24, 2.45) is 16.2 Å². The number of aliphatic hydroxyl groups is 1. The van der Waals surface area contributed by atoms with Crippen molar-refractivity contribution in [3.8, 4) is 0 Å². The molecule has 0 spiro atoms. The summed E-state index contributed by atoms with van der Waals surface area (Å²) in [6.45, 7) is 17.3. The molecule has 1 N–H and O–H groups in total. The van der Waals surface area contributed by atoms with E-state index in [2.05, 4.69) is 0 Å². The smallest absolute Gasteiger partial charge is 0.311 e. The van der Waals surface area contributed by atoms with Crippen molar-refractivity contribution in [2.75, 3.05) is 19.8 Å². The first-order chi connectivity index (χ1) is 18.1. The minimum Gasteiger partial charge on any atom is -0.463 e. The van der Waals surface area contributed by atoms with Crippen LogP contribution in [-0.4, -0.2) is 61.0 Å². The summed E-state index contributed by atoms with van der Waals surface area (Å²) in [7, 11) is 0. The Morgan fingerprint density at radius 2 is 1.21 bits per heavy atom. The Morgan fingerprint density at radius 3 is 1.59 bits per heavy atom. The molecule has 0 amide bonds. The number of aliphatic hydroxyl groups excluding tert-OH is 1. The molecule has 1 aliphatic heterocycles. The van der Waals surface area contributed by atoms with Crippen LogP contribution in [0, 0.1) is 16.2 Å². The van der Waals surface area contributed by atoms with E-state index in [0.717, 1.165) is 25.7 Å². The van der Waals surface area contributed by atoms with E-state index in [1.54, 1.807) is 0 Å². The number of hydrogen-bond acceptors (Lipinski definition) is 9. The molecule has 1 saturated carbocycles. The van der Waals surface area contributed by atoms with Crippen LogP contribution in [0.15, 0.2) is 0 Å². The van der Waals surface area contributed by atoms with Crippen LogP contribution >= 0.6 is 0 Å². The van der Waals surface area contributed by atoms with Gasteiger partial charge in [-0.1, -0.05) is 27.2 Å². The molecule has 0 radical (unpaired) electrons. The molecule has 0 aromatic rings. The van der Waals surface area contributed by atoms with Crippen molar-refractivity contribution in [1.82, 2.24) is 0 Å². The predicted octanol–water partition coefficient (Wildman–Crippen LogP) is 5.54. The molecule has 0 aromatic heterocycles. The van der Waals surface area contributed by atoms with Gasteiger partial charge in [0.25, 0.3) is 0 Å². The normalized spacial score (nSPS) is 18.0. The zero-order chi connectivity index (χ0) is 30.3. The molecular formula is C30H54O9. The van der Waals surface area contributed by atoms with Crippen LogP contribution in [0.2, 0.25) is 0 Å². The van der Waals surface area contributed by atoms with Crippen molar-refractivity contribution >= 4 is 23.9 Å². The van der Waals surface area contributed by atoms with Gasteiger partial charge in [0.05, 0.1) is 29.3 Å². The van der Waals surface area contributed by atoms with E-state index in [4.69, 9.17) is 24.1 Å². The van der Waals surface area contributed by atoms with E-state index >= 15 is 0 Å². The van der Waals surface area contributed by atoms with Gasteiger partial charge in [0.1, 0.15) is 25.4 Å². The predicted molar refractivity (Wildman–Crippen MR) is 149 cm³/mol. The summed E-state index contributed by atoms with van der Waals surface area (Å²) in [5.74, 6) is -0.818. The first-order valence-corrected chi connectivity index (χ1v) is 14.4. The van der Waals surface area contributed by atoms with Gasteiger partial charge in [-0.2, -0.15) is 0 Å². The second kappa shape index (κ2) is 17.5. The molecule has 2 fully saturated rings. The molecule has 1 saturated heterocycles. The minimum absolute atomic E-state index is 0.0214. The summed E-state index contributed by atoms with van der Waals surface area (Å²) in [5.41, 5.74) is -1.21. The van der Waals surface area contributed by atoms with Crippen molar-refractivity contribution in [1.29, 1.82) is 0 Å². The third-order valence-corrected chi connectivity index (χ3v) is 7.56. The molecular weight excluding hydrogens is 504 g/mol. The van der Waals surface area contributed by atoms with Gasteiger partial charge in [-0.25, -0.2) is 0 Å². The molecule has 1 unspecified atom stereocenters. The van der Waals surface area contributed by atoms with Gasteiger partial charge in [-0.3, -0.25) is 19.2 Å². The van der Waals surface area contributed by atoms with Gasteiger partial charge < -0.3 is 24.1 Å². The maximum Gasteiger partial charge on any atom is 0.311 e. The second-order valence-corrected chi connectivity index (χ2v) is 12.2. The highest BCUT2D eigenvalue weighted by Gasteiger charge is 2.33. The van der Waals surface area contributed by atoms with E-state index in [1.165, 1.54) is 19.3 Å². The molecule has 0 bridgehead atoms. The van der Waals surface area contributed by atoms with E-state index in [0.29, 0.717) is 6.42 Å². The zero-order valence-corrected chi connectivity index (χ0v) is 25.9. The molecule has 1 heterocycles. The molecule has 9 heteroatoms. The highest BCUT2D eigenvalue weighted by molar-refractivity contribution is 5.78. The van der Waals surface area contributed by atoms with E-state index < -0.39 is 10.8 Å². The SMILES string of the molecule is CCC(C)(C)C(=O)OC1CCCCC1.CCC(C)(C)C(=O)OC1COC(=O)C1.CCC(C)(C)C(=O)OCCO. The highest BCUT2D eigenvalue weighted by atomic mass is 16.6. The molecule has 9 nitrogen and oxygen atoms in total. The lowest BCUT2D eigenvalue weighted by atomic mass is 9.90. The summed E-state index contributed by atoms with van der Waals surface area (Å²) in [6, 6.07) is 0. The van der Waals surface area contributed by atoms with Crippen LogP contribution in [0.3, 0.4) is 0 Å². The molecule has 2 rings (SSSR count). The van der Waals surface area contributed by atoms with Gasteiger partial charge in [0, 0.05) is 0 Å². The summed E-state index contributed by atoms with van der Waals surface area (Å²) in [4.78, 5) is 45.2. The third kappa shape index (κ3) is 14.2. The highest BCUT2D eigenvalue weighted by Crippen LogP contribution is 2.27. The van der Waals surface area contributed by atoms with Gasteiger partial charge in [-0.15, -0.1) is 0 Å². The van der Waals surface area contributed by atoms with Crippen LogP contribution in [0.25, 0.3) is 0 Å². The van der Waals surface area contributed by atoms with Crippen LogP contribution in [0.4, 0.5) is 0 Å². The summed E-state index contributed by atoms with van der Waals surface area (Å²) >= 11 is 0. The number of rotatable bonds is 10. The molecule has 39 heavy (non-hydrogen) atoms. The average molecular weight is 559 g/mol. The van der Waals surface area contributed by atoms with Crippen molar-refractivity contribution in [3.05, 3.63) is 0 Å². The van der Waals surface area contributed by atoms with Crippen LogP contribution in [0.1, 0.15) is 120 Å². The number of carbonyl (C=O) groups is 4. The number of carbonyl (C=O) groups excluding carboxylic acids is 4. The molecule has 228 valence electrons. The van der Waals surface area contributed by atoms with Crippen LogP contribution in [-0.2, 0) is 38.1 Å². The van der Waals surface area contributed by atoms with Gasteiger partial charge in [-0.05, 0) is 86.5 Å². The fourth-order valence-corrected chi connectivity index (χ4v) is 3.14.